The zero-order chi connectivity index (χ0) is 22.1. The number of ether oxygens (including phenoxy) is 3. The molecule has 0 bridgehead atoms. The van der Waals surface area contributed by atoms with Crippen molar-refractivity contribution in [2.45, 2.75) is 0 Å². The maximum absolute atomic E-state index is 13.5. The number of nitrogens with zero attached hydrogens (tertiary/aromatic N) is 2. The van der Waals surface area contributed by atoms with E-state index in [1.165, 1.54) is 18.2 Å². The Hall–Kier alpha value is -3.17. The molecular formula is C22H27FN4O4. The third-order valence-electron chi connectivity index (χ3n) is 4.72. The van der Waals surface area contributed by atoms with Gasteiger partial charge in [-0.05, 0) is 18.2 Å². The smallest absolute Gasteiger partial charge is 0.258 e. The third kappa shape index (κ3) is 6.94. The Morgan fingerprint density at radius 1 is 1.13 bits per heavy atom. The maximum Gasteiger partial charge on any atom is 0.258 e. The number of nitrogens with one attached hydrogen (secondary N) is 2. The number of halogens is 1. The van der Waals surface area contributed by atoms with Gasteiger partial charge in [-0.3, -0.25) is 20.0 Å². The molecule has 0 saturated carbocycles. The number of methoxy groups -OCH3 is 2. The van der Waals surface area contributed by atoms with Crippen molar-refractivity contribution in [3.05, 3.63) is 53.8 Å². The van der Waals surface area contributed by atoms with Crippen LogP contribution in [0, 0.1) is 5.82 Å². The van der Waals surface area contributed by atoms with E-state index in [4.69, 9.17) is 14.2 Å². The molecule has 0 aliphatic carbocycles. The monoisotopic (exact) mass is 430 g/mol. The minimum absolute atomic E-state index is 0.200. The number of anilines is 1. The molecule has 1 fully saturated rings. The number of carbonyl (C=O) groups is 1. The summed E-state index contributed by atoms with van der Waals surface area (Å²) >= 11 is 0. The highest BCUT2D eigenvalue weighted by molar-refractivity contribution is 6.10. The molecule has 3 rings (SSSR count). The summed E-state index contributed by atoms with van der Waals surface area (Å²) in [5, 5.41) is 5.83. The van der Waals surface area contributed by atoms with Crippen LogP contribution in [-0.2, 0) is 4.74 Å². The van der Waals surface area contributed by atoms with E-state index in [0.29, 0.717) is 36.9 Å². The predicted octanol–water partition coefficient (Wildman–Crippen LogP) is 2.37. The SMILES string of the molecule is COc1cc(NC(=NCCN2CCOCC2)NC(=O)c2cccc(F)c2)cc(OC)c1. The summed E-state index contributed by atoms with van der Waals surface area (Å²) in [4.78, 5) is 19.4. The standard InChI is InChI=1S/C22H27FN4O4/c1-29-19-13-18(14-20(15-19)30-2)25-22(24-6-7-27-8-10-31-11-9-27)26-21(28)16-4-3-5-17(23)12-16/h3-5,12-15H,6-11H2,1-2H3,(H2,24,25,26,28). The van der Waals surface area contributed by atoms with E-state index in [2.05, 4.69) is 20.5 Å². The normalized spacial score (nSPS) is 14.7. The van der Waals surface area contributed by atoms with Gasteiger partial charge in [-0.1, -0.05) is 6.07 Å². The Bertz CT molecular complexity index is 894. The Morgan fingerprint density at radius 2 is 1.84 bits per heavy atom. The lowest BCUT2D eigenvalue weighted by molar-refractivity contribution is 0.0394. The number of aliphatic imine (C=N–C) groups is 1. The average molecular weight is 430 g/mol. The highest BCUT2D eigenvalue weighted by Gasteiger charge is 2.13. The first kappa shape index (κ1) is 22.5. The average Bonchev–Trinajstić information content (AvgIpc) is 2.79. The van der Waals surface area contributed by atoms with Crippen molar-refractivity contribution in [2.75, 3.05) is 58.9 Å². The topological polar surface area (TPSA) is 84.4 Å². The first-order valence-electron chi connectivity index (χ1n) is 9.99. The van der Waals surface area contributed by atoms with Crippen molar-refractivity contribution in [1.82, 2.24) is 10.2 Å². The van der Waals surface area contributed by atoms with Crippen LogP contribution < -0.4 is 20.1 Å². The molecule has 2 aromatic rings. The van der Waals surface area contributed by atoms with Gasteiger partial charge in [0.2, 0.25) is 5.96 Å². The fourth-order valence-corrected chi connectivity index (χ4v) is 3.06. The van der Waals surface area contributed by atoms with Crippen LogP contribution in [0.1, 0.15) is 10.4 Å². The predicted molar refractivity (Wildman–Crippen MR) is 117 cm³/mol. The van der Waals surface area contributed by atoms with E-state index in [1.54, 1.807) is 38.5 Å². The van der Waals surface area contributed by atoms with Crippen molar-refractivity contribution in [2.24, 2.45) is 4.99 Å². The number of amides is 1. The summed E-state index contributed by atoms with van der Waals surface area (Å²) in [7, 11) is 3.11. The molecule has 0 unspecified atom stereocenters. The summed E-state index contributed by atoms with van der Waals surface area (Å²) < 4.78 is 29.5. The summed E-state index contributed by atoms with van der Waals surface area (Å²) in [6.45, 7) is 4.30. The quantitative estimate of drug-likeness (QED) is 0.518. The van der Waals surface area contributed by atoms with E-state index in [-0.39, 0.29) is 11.5 Å². The molecule has 0 aromatic heterocycles. The van der Waals surface area contributed by atoms with Gasteiger partial charge in [0.05, 0.1) is 34.0 Å². The van der Waals surface area contributed by atoms with Gasteiger partial charge in [-0.2, -0.15) is 0 Å². The summed E-state index contributed by atoms with van der Waals surface area (Å²) in [5.74, 6) is 0.478. The van der Waals surface area contributed by atoms with Gasteiger partial charge in [0.15, 0.2) is 0 Å². The molecule has 0 atom stereocenters. The van der Waals surface area contributed by atoms with Crippen molar-refractivity contribution in [1.29, 1.82) is 0 Å². The molecule has 1 saturated heterocycles. The molecular weight excluding hydrogens is 403 g/mol. The number of hydrogen-bond donors (Lipinski definition) is 2. The van der Waals surface area contributed by atoms with E-state index < -0.39 is 11.7 Å². The summed E-state index contributed by atoms with van der Waals surface area (Å²) in [5.41, 5.74) is 0.826. The minimum Gasteiger partial charge on any atom is -0.497 e. The van der Waals surface area contributed by atoms with Gasteiger partial charge in [0.1, 0.15) is 17.3 Å². The zero-order valence-electron chi connectivity index (χ0n) is 17.7. The molecule has 2 aromatic carbocycles. The minimum atomic E-state index is -0.482. The lowest BCUT2D eigenvalue weighted by atomic mass is 10.2. The number of carbonyl (C=O) groups excluding carboxylic acids is 1. The Morgan fingerprint density at radius 3 is 2.48 bits per heavy atom. The fraction of sp³-hybridized carbons (Fsp3) is 0.364. The van der Waals surface area contributed by atoms with Crippen LogP contribution in [0.2, 0.25) is 0 Å². The fourth-order valence-electron chi connectivity index (χ4n) is 3.06. The molecule has 8 nitrogen and oxygen atoms in total. The highest BCUT2D eigenvalue weighted by Crippen LogP contribution is 2.25. The van der Waals surface area contributed by atoms with Crippen molar-refractivity contribution in [3.8, 4) is 11.5 Å². The van der Waals surface area contributed by atoms with Crippen LogP contribution in [0.3, 0.4) is 0 Å². The lowest BCUT2D eigenvalue weighted by Crippen LogP contribution is -2.39. The zero-order valence-corrected chi connectivity index (χ0v) is 17.7. The first-order valence-corrected chi connectivity index (χ1v) is 9.99. The van der Waals surface area contributed by atoms with Gasteiger partial charge in [-0.25, -0.2) is 4.39 Å². The number of hydrogen-bond acceptors (Lipinski definition) is 6. The number of benzene rings is 2. The van der Waals surface area contributed by atoms with E-state index >= 15 is 0 Å². The number of guanidine groups is 1. The van der Waals surface area contributed by atoms with Crippen molar-refractivity contribution >= 4 is 17.6 Å². The first-order chi connectivity index (χ1) is 15.1. The largest absolute Gasteiger partial charge is 0.497 e. The van der Waals surface area contributed by atoms with Crippen LogP contribution in [0.5, 0.6) is 11.5 Å². The van der Waals surface area contributed by atoms with Crippen LogP contribution >= 0.6 is 0 Å². The molecule has 166 valence electrons. The number of rotatable bonds is 7. The van der Waals surface area contributed by atoms with E-state index in [1.807, 2.05) is 0 Å². The second kappa shape index (κ2) is 11.3. The molecule has 1 heterocycles. The lowest BCUT2D eigenvalue weighted by Gasteiger charge is -2.25. The Balaban J connectivity index is 1.76. The van der Waals surface area contributed by atoms with Crippen LogP contribution in [0.4, 0.5) is 10.1 Å². The molecule has 2 N–H and O–H groups in total. The molecule has 9 heteroatoms. The molecule has 1 aliphatic heterocycles. The van der Waals surface area contributed by atoms with Crippen LogP contribution in [0.25, 0.3) is 0 Å². The van der Waals surface area contributed by atoms with E-state index in [9.17, 15) is 9.18 Å². The van der Waals surface area contributed by atoms with Crippen molar-refractivity contribution < 1.29 is 23.4 Å². The van der Waals surface area contributed by atoms with E-state index in [0.717, 1.165) is 19.6 Å². The van der Waals surface area contributed by atoms with Gasteiger partial charge in [-0.15, -0.1) is 0 Å². The van der Waals surface area contributed by atoms with Crippen molar-refractivity contribution in [3.63, 3.8) is 0 Å². The van der Waals surface area contributed by atoms with Gasteiger partial charge in [0.25, 0.3) is 5.91 Å². The molecule has 1 amide bonds. The Labute approximate surface area is 181 Å². The summed E-state index contributed by atoms with van der Waals surface area (Å²) in [6.07, 6.45) is 0. The molecule has 1 aliphatic rings. The Kier molecular flexibility index (Phi) is 8.19. The number of morpholine rings is 1. The highest BCUT2D eigenvalue weighted by atomic mass is 19.1. The van der Waals surface area contributed by atoms with Gasteiger partial charge < -0.3 is 19.5 Å². The van der Waals surface area contributed by atoms with Gasteiger partial charge >= 0.3 is 0 Å². The van der Waals surface area contributed by atoms with Crippen LogP contribution in [-0.4, -0.2) is 70.4 Å². The molecule has 0 radical (unpaired) electrons. The van der Waals surface area contributed by atoms with Crippen LogP contribution in [0.15, 0.2) is 47.5 Å². The second-order valence-electron chi connectivity index (χ2n) is 6.88. The van der Waals surface area contributed by atoms with Gasteiger partial charge in [0, 0.05) is 49.1 Å². The summed E-state index contributed by atoms with van der Waals surface area (Å²) in [6, 6.07) is 10.7. The second-order valence-corrected chi connectivity index (χ2v) is 6.88. The molecule has 31 heavy (non-hydrogen) atoms. The molecule has 0 spiro atoms. The maximum atomic E-state index is 13.5. The third-order valence-corrected chi connectivity index (χ3v) is 4.72.